The fourth-order valence-electron chi connectivity index (χ4n) is 5.73. The zero-order valence-corrected chi connectivity index (χ0v) is 23.1. The highest BCUT2D eigenvalue weighted by Crippen LogP contribution is 2.37. The van der Waals surface area contributed by atoms with Crippen LogP contribution in [0.15, 0.2) is 0 Å². The Morgan fingerprint density at radius 2 is 1.21 bits per heavy atom. The molecular formula is C23H44F2N6O12. The molecule has 0 aromatic heterocycles. The van der Waals surface area contributed by atoms with Gasteiger partial charge in [0.25, 0.3) is 5.92 Å². The van der Waals surface area contributed by atoms with Gasteiger partial charge < -0.3 is 93.5 Å². The van der Waals surface area contributed by atoms with Crippen molar-refractivity contribution in [2.24, 2.45) is 34.4 Å². The summed E-state index contributed by atoms with van der Waals surface area (Å²) in [6.45, 7) is -1.39. The van der Waals surface area contributed by atoms with Gasteiger partial charge in [-0.15, -0.1) is 0 Å². The summed E-state index contributed by atoms with van der Waals surface area (Å²) in [6.07, 6.45) is -21.5. The second-order valence-electron chi connectivity index (χ2n) is 11.3. The van der Waals surface area contributed by atoms with Gasteiger partial charge in [0.1, 0.15) is 67.1 Å². The number of hydrogen-bond donors (Lipinski definition) is 12. The summed E-state index contributed by atoms with van der Waals surface area (Å²) in [7, 11) is 0. The lowest BCUT2D eigenvalue weighted by molar-refractivity contribution is -0.331. The molecule has 1 saturated carbocycles. The van der Waals surface area contributed by atoms with Gasteiger partial charge in [-0.1, -0.05) is 0 Å². The smallest absolute Gasteiger partial charge is 0.295 e. The van der Waals surface area contributed by atoms with E-state index in [0.717, 1.165) is 0 Å². The number of ether oxygens (including phenoxy) is 6. The van der Waals surface area contributed by atoms with Gasteiger partial charge in [-0.05, 0) is 6.42 Å². The van der Waals surface area contributed by atoms with E-state index in [4.69, 9.17) is 62.8 Å². The van der Waals surface area contributed by atoms with Crippen LogP contribution in [0.3, 0.4) is 0 Å². The lowest BCUT2D eigenvalue weighted by atomic mass is 9.84. The Morgan fingerprint density at radius 1 is 0.651 bits per heavy atom. The highest BCUT2D eigenvalue weighted by molar-refractivity contribution is 5.03. The van der Waals surface area contributed by atoms with Crippen LogP contribution in [-0.4, -0.2) is 166 Å². The van der Waals surface area contributed by atoms with Gasteiger partial charge in [-0.25, -0.2) is 8.78 Å². The third kappa shape index (κ3) is 6.68. The van der Waals surface area contributed by atoms with Crippen molar-refractivity contribution in [1.82, 2.24) is 0 Å². The Bertz CT molecular complexity index is 921. The van der Waals surface area contributed by atoms with E-state index in [0.29, 0.717) is 0 Å². The predicted molar refractivity (Wildman–Crippen MR) is 137 cm³/mol. The molecule has 4 rings (SSSR count). The highest BCUT2D eigenvalue weighted by Gasteiger charge is 2.59. The summed E-state index contributed by atoms with van der Waals surface area (Å²) >= 11 is 0. The maximum atomic E-state index is 14.7. The molecule has 18 nitrogen and oxygen atoms in total. The Labute approximate surface area is 245 Å². The molecule has 18 N–H and O–H groups in total. The summed E-state index contributed by atoms with van der Waals surface area (Å²) in [5.41, 5.74) is 34.9. The first kappa shape index (κ1) is 35.0. The van der Waals surface area contributed by atoms with Crippen molar-refractivity contribution in [1.29, 1.82) is 0 Å². The second-order valence-corrected chi connectivity index (χ2v) is 11.3. The van der Waals surface area contributed by atoms with Crippen LogP contribution < -0.4 is 34.4 Å². The third-order valence-corrected chi connectivity index (χ3v) is 8.42. The Kier molecular flexibility index (Phi) is 11.3. The predicted octanol–water partition coefficient (Wildman–Crippen LogP) is -7.62. The van der Waals surface area contributed by atoms with E-state index in [1.54, 1.807) is 0 Å². The lowest BCUT2D eigenvalue weighted by Crippen LogP contribution is -2.70. The average Bonchev–Trinajstić information content (AvgIpc) is 3.27. The molecule has 252 valence electrons. The highest BCUT2D eigenvalue weighted by atomic mass is 19.3. The monoisotopic (exact) mass is 634 g/mol. The summed E-state index contributed by atoms with van der Waals surface area (Å²) < 4.78 is 63.3. The Morgan fingerprint density at radius 3 is 1.81 bits per heavy atom. The number of hydrogen-bond acceptors (Lipinski definition) is 18. The first-order valence-corrected chi connectivity index (χ1v) is 13.9. The van der Waals surface area contributed by atoms with Crippen LogP contribution in [0.25, 0.3) is 0 Å². The molecule has 4 aliphatic rings. The molecular weight excluding hydrogens is 590 g/mol. The van der Waals surface area contributed by atoms with Crippen molar-refractivity contribution in [3.63, 3.8) is 0 Å². The third-order valence-electron chi connectivity index (χ3n) is 8.42. The van der Waals surface area contributed by atoms with Crippen molar-refractivity contribution in [2.45, 2.75) is 123 Å². The van der Waals surface area contributed by atoms with Crippen LogP contribution in [0.4, 0.5) is 8.78 Å². The van der Waals surface area contributed by atoms with Crippen molar-refractivity contribution in [2.75, 3.05) is 19.7 Å². The Hall–Kier alpha value is -0.860. The topological polar surface area (TPSA) is 333 Å². The summed E-state index contributed by atoms with van der Waals surface area (Å²) in [5, 5.41) is 62.2. The average molecular weight is 635 g/mol. The van der Waals surface area contributed by atoms with Gasteiger partial charge in [0.2, 0.25) is 0 Å². The molecule has 0 amide bonds. The Balaban J connectivity index is 1.51. The molecule has 0 unspecified atom stereocenters. The maximum absolute atomic E-state index is 14.7. The molecule has 0 radical (unpaired) electrons. The van der Waals surface area contributed by atoms with Crippen molar-refractivity contribution >= 4 is 0 Å². The summed E-state index contributed by atoms with van der Waals surface area (Å²) in [6, 6.07) is -5.45. The van der Waals surface area contributed by atoms with Crippen molar-refractivity contribution in [3.8, 4) is 0 Å². The first-order valence-electron chi connectivity index (χ1n) is 13.9. The molecule has 4 fully saturated rings. The van der Waals surface area contributed by atoms with E-state index in [1.165, 1.54) is 0 Å². The van der Waals surface area contributed by atoms with Gasteiger partial charge in [0.15, 0.2) is 18.9 Å². The molecule has 0 bridgehead atoms. The largest absolute Gasteiger partial charge is 0.394 e. The SMILES string of the molecule is NC[C@@H]1O[C@H](O[C@H]2[C@@H](O)[C@H](O[C@@H]3[C@@H](O)[C@H](N)C[C@H](N)[C@H]3O[C@H]3O[C@H](CN)[C@@H](O)C(F)(F)[C@H]3N)O[C@@H]2CO)[C@H](N)[C@@H](O)[C@@H]1O. The quantitative estimate of drug-likeness (QED) is 0.112. The fraction of sp³-hybridized carbons (Fsp3) is 1.00. The number of aliphatic hydroxyl groups is 6. The number of nitrogens with two attached hydrogens (primary N) is 6. The van der Waals surface area contributed by atoms with Gasteiger partial charge >= 0.3 is 0 Å². The minimum absolute atomic E-state index is 0.0422. The van der Waals surface area contributed by atoms with Crippen LogP contribution in [0.1, 0.15) is 6.42 Å². The normalized spacial score (nSPS) is 52.3. The van der Waals surface area contributed by atoms with E-state index in [2.05, 4.69) is 0 Å². The molecule has 0 spiro atoms. The number of aliphatic hydroxyl groups excluding tert-OH is 6. The standard InChI is InChI=1S/C23H44F2N6O12/c24-23(25)18(31)22(39-8(3-27)19(23)37)41-15-6(29)1-5(28)11(33)17(15)43-21-14(36)16(9(4-32)40-21)42-20-10(30)13(35)12(34)7(2-26)38-20/h5-22,32-37H,1-4,26-31H2/t5-,6+,7+,8-,9-,10-,11+,12-,13-,14-,15-,16-,17-,18+,19-,20-,21+,22-/m1/s1. The molecule has 18 atom stereocenters. The van der Waals surface area contributed by atoms with Crippen molar-refractivity contribution < 1.29 is 67.8 Å². The van der Waals surface area contributed by atoms with E-state index in [1.807, 2.05) is 0 Å². The molecule has 0 aromatic carbocycles. The minimum atomic E-state index is -3.87. The summed E-state index contributed by atoms with van der Waals surface area (Å²) in [4.78, 5) is 0. The number of alkyl halides is 2. The number of rotatable bonds is 9. The van der Waals surface area contributed by atoms with Gasteiger partial charge in [0.05, 0.1) is 18.8 Å². The molecule has 3 aliphatic heterocycles. The van der Waals surface area contributed by atoms with Crippen LogP contribution in [0.5, 0.6) is 0 Å². The molecule has 3 heterocycles. The molecule has 3 saturated heterocycles. The molecule has 0 aromatic rings. The lowest BCUT2D eigenvalue weighted by Gasteiger charge is -2.48. The van der Waals surface area contributed by atoms with E-state index >= 15 is 0 Å². The second kappa shape index (κ2) is 13.9. The minimum Gasteiger partial charge on any atom is -0.394 e. The summed E-state index contributed by atoms with van der Waals surface area (Å²) in [5.74, 6) is -3.87. The van der Waals surface area contributed by atoms with Crippen LogP contribution >= 0.6 is 0 Å². The zero-order chi connectivity index (χ0) is 32.0. The molecule has 43 heavy (non-hydrogen) atoms. The van der Waals surface area contributed by atoms with Crippen LogP contribution in [-0.2, 0) is 28.4 Å². The zero-order valence-electron chi connectivity index (χ0n) is 23.1. The van der Waals surface area contributed by atoms with E-state index < -0.39 is 129 Å². The van der Waals surface area contributed by atoms with Gasteiger partial charge in [-0.3, -0.25) is 0 Å². The fourth-order valence-corrected chi connectivity index (χ4v) is 5.73. The van der Waals surface area contributed by atoms with Gasteiger partial charge in [0, 0.05) is 25.2 Å². The maximum Gasteiger partial charge on any atom is 0.295 e. The molecule has 1 aliphatic carbocycles. The van der Waals surface area contributed by atoms with Crippen molar-refractivity contribution in [3.05, 3.63) is 0 Å². The van der Waals surface area contributed by atoms with Crippen LogP contribution in [0, 0.1) is 0 Å². The van der Waals surface area contributed by atoms with Crippen LogP contribution in [0.2, 0.25) is 0 Å². The first-order chi connectivity index (χ1) is 20.2. The molecule has 20 heteroatoms. The van der Waals surface area contributed by atoms with E-state index in [9.17, 15) is 39.4 Å². The van der Waals surface area contributed by atoms with E-state index in [-0.39, 0.29) is 13.0 Å². The van der Waals surface area contributed by atoms with Gasteiger partial charge in [-0.2, -0.15) is 0 Å². The number of halogens is 2.